The zero-order valence-corrected chi connectivity index (χ0v) is 11.1. The summed E-state index contributed by atoms with van der Waals surface area (Å²) in [6.45, 7) is 0.266. The van der Waals surface area contributed by atoms with Gasteiger partial charge >= 0.3 is 0 Å². The molecule has 1 rings (SSSR count). The maximum absolute atomic E-state index is 13.2. The zero-order chi connectivity index (χ0) is 13.5. The van der Waals surface area contributed by atoms with Crippen LogP contribution in [0.5, 0.6) is 0 Å². The van der Waals surface area contributed by atoms with E-state index in [4.69, 9.17) is 21.1 Å². The van der Waals surface area contributed by atoms with E-state index in [9.17, 15) is 9.50 Å². The second-order valence-corrected chi connectivity index (χ2v) is 4.03. The van der Waals surface area contributed by atoms with Gasteiger partial charge in [0.25, 0.3) is 0 Å². The minimum absolute atomic E-state index is 0.127. The number of benzene rings is 1. The fraction of sp³-hybridized carbons (Fsp3) is 0.500. The van der Waals surface area contributed by atoms with Crippen molar-refractivity contribution in [3.8, 4) is 0 Å². The second kappa shape index (κ2) is 7.53. The third kappa shape index (κ3) is 4.10. The van der Waals surface area contributed by atoms with Gasteiger partial charge < -0.3 is 19.9 Å². The number of aliphatic hydroxyl groups is 1. The van der Waals surface area contributed by atoms with E-state index in [1.54, 1.807) is 6.07 Å². The van der Waals surface area contributed by atoms with E-state index in [0.29, 0.717) is 11.3 Å². The summed E-state index contributed by atoms with van der Waals surface area (Å²) in [6, 6.07) is 4.21. The van der Waals surface area contributed by atoms with Crippen molar-refractivity contribution in [1.82, 2.24) is 0 Å². The molecule has 4 nitrogen and oxygen atoms in total. The van der Waals surface area contributed by atoms with Gasteiger partial charge in [-0.3, -0.25) is 0 Å². The summed E-state index contributed by atoms with van der Waals surface area (Å²) in [6.07, 6.45) is -1.34. The number of aliphatic hydroxyl groups excluding tert-OH is 1. The Labute approximate surface area is 111 Å². The van der Waals surface area contributed by atoms with Gasteiger partial charge in [0.2, 0.25) is 0 Å². The topological polar surface area (TPSA) is 50.7 Å². The lowest BCUT2D eigenvalue weighted by atomic mass is 10.1. The standard InChI is InChI=1S/C12H17ClFNO3/c1-17-12(18-2)10-5-8(14)3-4-11(10)15-7-9(16)6-13/h3-5,9,12,15-16H,6-7H2,1-2H3. The van der Waals surface area contributed by atoms with Gasteiger partial charge in [-0.1, -0.05) is 0 Å². The number of anilines is 1. The molecule has 0 heterocycles. The van der Waals surface area contributed by atoms with Crippen molar-refractivity contribution in [3.05, 3.63) is 29.6 Å². The fourth-order valence-electron chi connectivity index (χ4n) is 1.52. The Kier molecular flexibility index (Phi) is 6.35. The Morgan fingerprint density at radius 2 is 2.06 bits per heavy atom. The van der Waals surface area contributed by atoms with Crippen LogP contribution in [0.15, 0.2) is 18.2 Å². The first-order chi connectivity index (χ1) is 8.62. The number of rotatable bonds is 7. The van der Waals surface area contributed by atoms with Crippen molar-refractivity contribution in [1.29, 1.82) is 0 Å². The van der Waals surface area contributed by atoms with Crippen LogP contribution in [-0.4, -0.2) is 37.9 Å². The van der Waals surface area contributed by atoms with Crippen molar-refractivity contribution in [2.75, 3.05) is 32.0 Å². The van der Waals surface area contributed by atoms with E-state index in [1.165, 1.54) is 26.4 Å². The Bertz CT molecular complexity index is 374. The second-order valence-electron chi connectivity index (χ2n) is 3.72. The van der Waals surface area contributed by atoms with Gasteiger partial charge in [-0.25, -0.2) is 4.39 Å². The van der Waals surface area contributed by atoms with E-state index in [0.717, 1.165) is 0 Å². The summed E-state index contributed by atoms with van der Waals surface area (Å²) in [5.41, 5.74) is 1.16. The van der Waals surface area contributed by atoms with Crippen molar-refractivity contribution < 1.29 is 19.0 Å². The molecule has 0 saturated carbocycles. The molecular formula is C12H17ClFNO3. The molecule has 1 atom stereocenters. The summed E-state index contributed by atoms with van der Waals surface area (Å²) in [4.78, 5) is 0. The molecule has 0 aliphatic rings. The van der Waals surface area contributed by atoms with Crippen LogP contribution in [-0.2, 0) is 9.47 Å². The highest BCUT2D eigenvalue weighted by Crippen LogP contribution is 2.26. The summed E-state index contributed by atoms with van der Waals surface area (Å²) in [5, 5.41) is 12.4. The number of halogens is 2. The van der Waals surface area contributed by atoms with Gasteiger partial charge in [0.15, 0.2) is 6.29 Å². The van der Waals surface area contributed by atoms with Gasteiger partial charge in [-0.05, 0) is 18.2 Å². The Hall–Kier alpha value is -0.880. The van der Waals surface area contributed by atoms with Crippen LogP contribution >= 0.6 is 11.6 Å². The van der Waals surface area contributed by atoms with Crippen molar-refractivity contribution >= 4 is 17.3 Å². The van der Waals surface area contributed by atoms with Gasteiger partial charge in [-0.15, -0.1) is 11.6 Å². The molecule has 1 aromatic carbocycles. The molecular weight excluding hydrogens is 261 g/mol. The van der Waals surface area contributed by atoms with Crippen molar-refractivity contribution in [2.45, 2.75) is 12.4 Å². The molecule has 0 radical (unpaired) electrons. The number of hydrogen-bond donors (Lipinski definition) is 2. The molecule has 0 aromatic heterocycles. The fourth-order valence-corrected chi connectivity index (χ4v) is 1.63. The van der Waals surface area contributed by atoms with E-state index in [-0.39, 0.29) is 18.2 Å². The average molecular weight is 278 g/mol. The first kappa shape index (κ1) is 15.2. The third-order valence-electron chi connectivity index (χ3n) is 2.40. The Balaban J connectivity index is 2.88. The lowest BCUT2D eigenvalue weighted by molar-refractivity contribution is -0.105. The number of nitrogens with one attached hydrogen (secondary N) is 1. The van der Waals surface area contributed by atoms with Crippen LogP contribution in [0.1, 0.15) is 11.9 Å². The minimum atomic E-state index is -0.673. The lowest BCUT2D eigenvalue weighted by Gasteiger charge is -2.19. The number of alkyl halides is 1. The summed E-state index contributed by atoms with van der Waals surface area (Å²) in [5.74, 6) is -0.255. The van der Waals surface area contributed by atoms with Crippen LogP contribution in [0, 0.1) is 5.82 Å². The Morgan fingerprint density at radius 1 is 1.39 bits per heavy atom. The SMILES string of the molecule is COC(OC)c1cc(F)ccc1NCC(O)CCl. The molecule has 0 aliphatic carbocycles. The van der Waals surface area contributed by atoms with Crippen LogP contribution in [0.25, 0.3) is 0 Å². The smallest absolute Gasteiger partial charge is 0.185 e. The number of methoxy groups -OCH3 is 2. The predicted molar refractivity (Wildman–Crippen MR) is 68.4 cm³/mol. The molecule has 1 aromatic rings. The van der Waals surface area contributed by atoms with Crippen LogP contribution in [0.3, 0.4) is 0 Å². The number of ether oxygens (including phenoxy) is 2. The summed E-state index contributed by atoms with van der Waals surface area (Å²) < 4.78 is 23.4. The summed E-state index contributed by atoms with van der Waals surface area (Å²) >= 11 is 5.50. The first-order valence-corrected chi connectivity index (χ1v) is 5.98. The first-order valence-electron chi connectivity index (χ1n) is 5.45. The Morgan fingerprint density at radius 3 is 2.61 bits per heavy atom. The van der Waals surface area contributed by atoms with Gasteiger partial charge in [0, 0.05) is 32.0 Å². The molecule has 0 spiro atoms. The molecule has 6 heteroatoms. The summed E-state index contributed by atoms with van der Waals surface area (Å²) in [7, 11) is 2.94. The molecule has 2 N–H and O–H groups in total. The maximum Gasteiger partial charge on any atom is 0.185 e. The largest absolute Gasteiger partial charge is 0.390 e. The molecule has 0 amide bonds. The maximum atomic E-state index is 13.2. The van der Waals surface area contributed by atoms with E-state index < -0.39 is 12.4 Å². The quantitative estimate of drug-likeness (QED) is 0.592. The highest BCUT2D eigenvalue weighted by Gasteiger charge is 2.15. The van der Waals surface area contributed by atoms with E-state index >= 15 is 0 Å². The third-order valence-corrected chi connectivity index (χ3v) is 2.76. The highest BCUT2D eigenvalue weighted by molar-refractivity contribution is 6.18. The van der Waals surface area contributed by atoms with E-state index in [2.05, 4.69) is 5.32 Å². The average Bonchev–Trinajstić information content (AvgIpc) is 2.38. The molecule has 0 aliphatic heterocycles. The van der Waals surface area contributed by atoms with Gasteiger partial charge in [0.05, 0.1) is 12.0 Å². The molecule has 0 saturated heterocycles. The molecule has 18 heavy (non-hydrogen) atoms. The molecule has 102 valence electrons. The van der Waals surface area contributed by atoms with Crippen molar-refractivity contribution in [3.63, 3.8) is 0 Å². The van der Waals surface area contributed by atoms with Crippen LogP contribution in [0.2, 0.25) is 0 Å². The monoisotopic (exact) mass is 277 g/mol. The molecule has 0 bridgehead atoms. The van der Waals surface area contributed by atoms with E-state index in [1.807, 2.05) is 0 Å². The van der Waals surface area contributed by atoms with Crippen LogP contribution < -0.4 is 5.32 Å². The van der Waals surface area contributed by atoms with Gasteiger partial charge in [-0.2, -0.15) is 0 Å². The lowest BCUT2D eigenvalue weighted by Crippen LogP contribution is -2.22. The molecule has 1 unspecified atom stereocenters. The minimum Gasteiger partial charge on any atom is -0.390 e. The normalized spacial score (nSPS) is 12.8. The van der Waals surface area contributed by atoms with Crippen LogP contribution in [0.4, 0.5) is 10.1 Å². The molecule has 0 fully saturated rings. The number of hydrogen-bond acceptors (Lipinski definition) is 4. The predicted octanol–water partition coefficient (Wildman–Crippen LogP) is 2.13. The van der Waals surface area contributed by atoms with Gasteiger partial charge in [0.1, 0.15) is 5.82 Å². The van der Waals surface area contributed by atoms with Crippen molar-refractivity contribution in [2.24, 2.45) is 0 Å². The zero-order valence-electron chi connectivity index (χ0n) is 10.3. The highest BCUT2D eigenvalue weighted by atomic mass is 35.5.